The van der Waals surface area contributed by atoms with Crippen molar-refractivity contribution in [3.05, 3.63) is 88.7 Å². The van der Waals surface area contributed by atoms with Gasteiger partial charge in [-0.25, -0.2) is 0 Å². The predicted molar refractivity (Wildman–Crippen MR) is 114 cm³/mol. The minimum Gasteiger partial charge on any atom is -0.456 e. The molecule has 0 aliphatic carbocycles. The molecule has 148 valence electrons. The van der Waals surface area contributed by atoms with Gasteiger partial charge in [0.25, 0.3) is 11.8 Å². The van der Waals surface area contributed by atoms with Crippen molar-refractivity contribution in [1.29, 1.82) is 0 Å². The number of amides is 2. The van der Waals surface area contributed by atoms with Crippen LogP contribution in [0.1, 0.15) is 27.1 Å². The van der Waals surface area contributed by atoms with E-state index in [1.54, 1.807) is 54.9 Å². The summed E-state index contributed by atoms with van der Waals surface area (Å²) in [4.78, 5) is 28.2. The van der Waals surface area contributed by atoms with Gasteiger partial charge in [0.1, 0.15) is 11.5 Å². The fraction of sp³-hybridized carbons (Fsp3) is 0.136. The molecule has 0 saturated heterocycles. The van der Waals surface area contributed by atoms with Crippen molar-refractivity contribution in [1.82, 2.24) is 15.6 Å². The topological polar surface area (TPSA) is 80.3 Å². The molecule has 0 unspecified atom stereocenters. The molecule has 3 rings (SSSR count). The molecule has 0 aliphatic heterocycles. The second-order valence-electron chi connectivity index (χ2n) is 6.19. The van der Waals surface area contributed by atoms with Gasteiger partial charge in [0, 0.05) is 34.9 Å². The minimum atomic E-state index is -0.170. The normalized spacial score (nSPS) is 10.2. The van der Waals surface area contributed by atoms with Gasteiger partial charge in [0.05, 0.1) is 6.20 Å². The van der Waals surface area contributed by atoms with Gasteiger partial charge in [-0.05, 0) is 61.0 Å². The number of rotatable bonds is 8. The molecule has 0 aliphatic rings. The van der Waals surface area contributed by atoms with Crippen molar-refractivity contribution in [3.8, 4) is 11.5 Å². The molecular formula is C22H20BrN3O3. The fourth-order valence-electron chi connectivity index (χ4n) is 2.54. The zero-order valence-corrected chi connectivity index (χ0v) is 17.2. The monoisotopic (exact) mass is 453 g/mol. The van der Waals surface area contributed by atoms with E-state index in [9.17, 15) is 9.59 Å². The van der Waals surface area contributed by atoms with E-state index >= 15 is 0 Å². The first kappa shape index (κ1) is 20.5. The molecule has 0 atom stereocenters. The van der Waals surface area contributed by atoms with E-state index in [2.05, 4.69) is 31.5 Å². The Morgan fingerprint density at radius 3 is 2.24 bits per heavy atom. The third kappa shape index (κ3) is 6.43. The van der Waals surface area contributed by atoms with Crippen LogP contribution in [0.5, 0.6) is 11.5 Å². The number of carbonyl (C=O) groups is 2. The van der Waals surface area contributed by atoms with Crippen LogP contribution in [0.25, 0.3) is 0 Å². The second-order valence-corrected chi connectivity index (χ2v) is 7.11. The summed E-state index contributed by atoms with van der Waals surface area (Å²) in [7, 11) is 0. The highest BCUT2D eigenvalue weighted by Crippen LogP contribution is 2.20. The molecule has 0 fully saturated rings. The number of carbonyl (C=O) groups excluding carboxylic acids is 2. The maximum atomic E-state index is 12.2. The maximum absolute atomic E-state index is 12.2. The lowest BCUT2D eigenvalue weighted by Crippen LogP contribution is -2.29. The van der Waals surface area contributed by atoms with Gasteiger partial charge in [0.15, 0.2) is 0 Å². The summed E-state index contributed by atoms with van der Waals surface area (Å²) < 4.78 is 6.51. The molecule has 0 radical (unpaired) electrons. The van der Waals surface area contributed by atoms with Crippen molar-refractivity contribution >= 4 is 27.7 Å². The average Bonchev–Trinajstić information content (AvgIpc) is 2.74. The van der Waals surface area contributed by atoms with E-state index in [1.807, 2.05) is 18.2 Å². The lowest BCUT2D eigenvalue weighted by molar-refractivity contribution is 0.0951. The number of halogens is 1. The van der Waals surface area contributed by atoms with Crippen LogP contribution in [0.3, 0.4) is 0 Å². The first-order valence-corrected chi connectivity index (χ1v) is 9.91. The minimum absolute atomic E-state index is 0.137. The Labute approximate surface area is 177 Å². The second kappa shape index (κ2) is 10.4. The fourth-order valence-corrected chi connectivity index (χ4v) is 2.94. The SMILES string of the molecule is O=C(NCCCNC(=O)c1cccc(Br)c1)c1ccc(Oc2cccnc2)cc1. The number of ether oxygens (including phenoxy) is 1. The van der Waals surface area contributed by atoms with Gasteiger partial charge in [-0.2, -0.15) is 0 Å². The van der Waals surface area contributed by atoms with Crippen LogP contribution in [0.2, 0.25) is 0 Å². The summed E-state index contributed by atoms with van der Waals surface area (Å²) in [5, 5.41) is 5.68. The number of pyridine rings is 1. The summed E-state index contributed by atoms with van der Waals surface area (Å²) in [6.45, 7) is 0.940. The lowest BCUT2D eigenvalue weighted by atomic mass is 10.2. The molecule has 1 aromatic heterocycles. The van der Waals surface area contributed by atoms with Crippen molar-refractivity contribution in [2.75, 3.05) is 13.1 Å². The van der Waals surface area contributed by atoms with Crippen molar-refractivity contribution in [3.63, 3.8) is 0 Å². The largest absolute Gasteiger partial charge is 0.456 e. The Balaban J connectivity index is 1.38. The van der Waals surface area contributed by atoms with Crippen LogP contribution in [-0.4, -0.2) is 29.9 Å². The smallest absolute Gasteiger partial charge is 0.251 e. The molecule has 3 aromatic rings. The van der Waals surface area contributed by atoms with Gasteiger partial charge in [-0.15, -0.1) is 0 Å². The summed E-state index contributed by atoms with van der Waals surface area (Å²) in [6, 6.07) is 17.7. The Morgan fingerprint density at radius 1 is 0.862 bits per heavy atom. The molecular weight excluding hydrogens is 434 g/mol. The number of hydrogen-bond acceptors (Lipinski definition) is 4. The number of hydrogen-bond donors (Lipinski definition) is 2. The molecule has 2 amide bonds. The highest BCUT2D eigenvalue weighted by atomic mass is 79.9. The van der Waals surface area contributed by atoms with Crippen molar-refractivity contribution in [2.45, 2.75) is 6.42 Å². The van der Waals surface area contributed by atoms with Gasteiger partial charge in [0.2, 0.25) is 0 Å². The highest BCUT2D eigenvalue weighted by molar-refractivity contribution is 9.10. The van der Waals surface area contributed by atoms with Crippen LogP contribution in [-0.2, 0) is 0 Å². The van der Waals surface area contributed by atoms with Gasteiger partial charge < -0.3 is 15.4 Å². The molecule has 1 heterocycles. The average molecular weight is 454 g/mol. The van der Waals surface area contributed by atoms with E-state index in [1.165, 1.54) is 0 Å². The third-order valence-corrected chi connectivity index (χ3v) is 4.49. The van der Waals surface area contributed by atoms with Gasteiger partial charge in [-0.3, -0.25) is 14.6 Å². The molecule has 0 spiro atoms. The maximum Gasteiger partial charge on any atom is 0.251 e. The first-order valence-electron chi connectivity index (χ1n) is 9.12. The quantitative estimate of drug-likeness (QED) is 0.501. The molecule has 2 aromatic carbocycles. The first-order chi connectivity index (χ1) is 14.1. The molecule has 2 N–H and O–H groups in total. The van der Waals surface area contributed by atoms with Gasteiger partial charge in [-0.1, -0.05) is 22.0 Å². The zero-order chi connectivity index (χ0) is 20.5. The Bertz CT molecular complexity index is 963. The molecule has 0 bridgehead atoms. The number of nitrogens with one attached hydrogen (secondary N) is 2. The summed E-state index contributed by atoms with van der Waals surface area (Å²) >= 11 is 3.34. The highest BCUT2D eigenvalue weighted by Gasteiger charge is 2.07. The lowest BCUT2D eigenvalue weighted by Gasteiger charge is -2.08. The summed E-state index contributed by atoms with van der Waals surface area (Å²) in [5.74, 6) is 0.956. The van der Waals surface area contributed by atoms with Crippen molar-refractivity contribution < 1.29 is 14.3 Å². The number of benzene rings is 2. The number of aromatic nitrogens is 1. The third-order valence-electron chi connectivity index (χ3n) is 4.00. The van der Waals surface area contributed by atoms with Crippen molar-refractivity contribution in [2.24, 2.45) is 0 Å². The van der Waals surface area contributed by atoms with E-state index in [-0.39, 0.29) is 11.8 Å². The standard InChI is InChI=1S/C22H20BrN3O3/c23-18-5-1-4-17(14-18)22(28)26-13-3-12-25-21(27)16-7-9-19(10-8-16)29-20-6-2-11-24-15-20/h1-2,4-11,14-15H,3,12-13H2,(H,25,27)(H,26,28). The summed E-state index contributed by atoms with van der Waals surface area (Å²) in [6.07, 6.45) is 3.93. The van der Waals surface area contributed by atoms with E-state index in [4.69, 9.17) is 4.74 Å². The molecule has 7 heteroatoms. The van der Waals surface area contributed by atoms with E-state index in [0.29, 0.717) is 42.1 Å². The Kier molecular flexibility index (Phi) is 7.35. The van der Waals surface area contributed by atoms with E-state index in [0.717, 1.165) is 4.47 Å². The van der Waals surface area contributed by atoms with Crippen LogP contribution >= 0.6 is 15.9 Å². The predicted octanol–water partition coefficient (Wildman–Crippen LogP) is 4.19. The Morgan fingerprint density at radius 2 is 1.59 bits per heavy atom. The zero-order valence-electron chi connectivity index (χ0n) is 15.6. The van der Waals surface area contributed by atoms with Crippen LogP contribution in [0.4, 0.5) is 0 Å². The van der Waals surface area contributed by atoms with Crippen LogP contribution < -0.4 is 15.4 Å². The number of nitrogens with zero attached hydrogens (tertiary/aromatic N) is 1. The Hall–Kier alpha value is -3.19. The molecule has 6 nitrogen and oxygen atoms in total. The van der Waals surface area contributed by atoms with Crippen LogP contribution in [0.15, 0.2) is 77.5 Å². The molecule has 0 saturated carbocycles. The van der Waals surface area contributed by atoms with E-state index < -0.39 is 0 Å². The molecule has 29 heavy (non-hydrogen) atoms. The summed E-state index contributed by atoms with van der Waals surface area (Å²) in [5.41, 5.74) is 1.14. The van der Waals surface area contributed by atoms with Gasteiger partial charge >= 0.3 is 0 Å². The van der Waals surface area contributed by atoms with Crippen LogP contribution in [0, 0.1) is 0 Å².